The Morgan fingerprint density at radius 2 is 1.55 bits per heavy atom. The lowest BCUT2D eigenvalue weighted by Crippen LogP contribution is -2.53. The third kappa shape index (κ3) is 5.72. The van der Waals surface area contributed by atoms with Gasteiger partial charge in [-0.15, -0.1) is 0 Å². The molecule has 0 spiro atoms. The molecule has 1 aliphatic carbocycles. The first-order valence-electron chi connectivity index (χ1n) is 11.5. The van der Waals surface area contributed by atoms with Crippen molar-refractivity contribution >= 4 is 18.0 Å². The fourth-order valence-corrected chi connectivity index (χ4v) is 4.23. The minimum absolute atomic E-state index is 0.0802. The highest BCUT2D eigenvalue weighted by Crippen LogP contribution is 2.44. The van der Waals surface area contributed by atoms with Crippen LogP contribution in [0.25, 0.3) is 11.1 Å². The van der Waals surface area contributed by atoms with Crippen molar-refractivity contribution in [3.05, 3.63) is 59.7 Å². The molecule has 7 heteroatoms. The van der Waals surface area contributed by atoms with Crippen molar-refractivity contribution in [3.8, 4) is 11.1 Å². The molecule has 2 amide bonds. The number of hydrogen-bond donors (Lipinski definition) is 3. The van der Waals surface area contributed by atoms with Crippen molar-refractivity contribution in [3.63, 3.8) is 0 Å². The summed E-state index contributed by atoms with van der Waals surface area (Å²) in [6, 6.07) is 14.2. The number of carboxylic acid groups (broad SMARTS) is 1. The van der Waals surface area contributed by atoms with Gasteiger partial charge in [-0.05, 0) is 34.6 Å². The van der Waals surface area contributed by atoms with Crippen LogP contribution in [0.15, 0.2) is 48.5 Å². The molecule has 0 aliphatic heterocycles. The average Bonchev–Trinajstić information content (AvgIpc) is 3.12. The van der Waals surface area contributed by atoms with Gasteiger partial charge in [-0.3, -0.25) is 4.79 Å². The smallest absolute Gasteiger partial charge is 0.407 e. The Balaban J connectivity index is 1.66. The number of fused-ring (bicyclic) bond motifs is 3. The highest BCUT2D eigenvalue weighted by atomic mass is 16.5. The lowest BCUT2D eigenvalue weighted by Gasteiger charge is -2.23. The first kappa shape index (κ1) is 24.3. The molecule has 33 heavy (non-hydrogen) atoms. The summed E-state index contributed by atoms with van der Waals surface area (Å²) in [5, 5.41) is 14.6. The van der Waals surface area contributed by atoms with E-state index < -0.39 is 30.1 Å². The zero-order chi connectivity index (χ0) is 24.0. The Morgan fingerprint density at radius 3 is 2.06 bits per heavy atom. The van der Waals surface area contributed by atoms with Crippen LogP contribution in [-0.2, 0) is 14.3 Å². The van der Waals surface area contributed by atoms with Crippen LogP contribution in [0.2, 0.25) is 0 Å². The molecular weight excluding hydrogens is 420 g/mol. The number of nitrogens with one attached hydrogen (secondary N) is 2. The summed E-state index contributed by atoms with van der Waals surface area (Å²) in [6.07, 6.45) is 1.26. The highest BCUT2D eigenvalue weighted by Gasteiger charge is 2.31. The summed E-state index contributed by atoms with van der Waals surface area (Å²) in [5.41, 5.74) is 4.48. The first-order chi connectivity index (χ1) is 15.8. The number of hydrogen-bond acceptors (Lipinski definition) is 4. The number of ether oxygens (including phenoxy) is 1. The molecule has 3 N–H and O–H groups in total. The molecule has 2 atom stereocenters. The van der Waals surface area contributed by atoms with E-state index >= 15 is 0 Å². The van der Waals surface area contributed by atoms with E-state index in [1.165, 1.54) is 0 Å². The Morgan fingerprint density at radius 1 is 0.970 bits per heavy atom. The van der Waals surface area contributed by atoms with Gasteiger partial charge in [0.15, 0.2) is 0 Å². The standard InChI is InChI=1S/C26H32N2O5/c1-4-5-14-22(24(29)28-23(16(2)3)25(30)31)27-26(32)33-15-21-19-12-8-6-10-17(19)18-11-7-9-13-20(18)21/h6-13,16,21-23H,4-5,14-15H2,1-3H3,(H,27,32)(H,28,29)(H,30,31)/t22-,23+/m0/s1. The maximum Gasteiger partial charge on any atom is 0.407 e. The second-order valence-corrected chi connectivity index (χ2v) is 8.73. The fraction of sp³-hybridized carbons (Fsp3) is 0.423. The molecule has 1 aliphatic rings. The van der Waals surface area contributed by atoms with Crippen LogP contribution in [0.5, 0.6) is 0 Å². The molecule has 176 valence electrons. The molecule has 0 heterocycles. The van der Waals surface area contributed by atoms with E-state index in [2.05, 4.69) is 22.8 Å². The van der Waals surface area contributed by atoms with E-state index in [1.54, 1.807) is 13.8 Å². The molecular formula is C26H32N2O5. The normalized spacial score (nSPS) is 14.2. The van der Waals surface area contributed by atoms with E-state index in [0.29, 0.717) is 12.8 Å². The second-order valence-electron chi connectivity index (χ2n) is 8.73. The monoisotopic (exact) mass is 452 g/mol. The summed E-state index contributed by atoms with van der Waals surface area (Å²) < 4.78 is 5.55. The molecule has 0 bridgehead atoms. The summed E-state index contributed by atoms with van der Waals surface area (Å²) in [6.45, 7) is 5.57. The number of alkyl carbamates (subject to hydrolysis) is 1. The summed E-state index contributed by atoms with van der Waals surface area (Å²) in [4.78, 5) is 36.8. The Kier molecular flexibility index (Phi) is 8.09. The van der Waals surface area contributed by atoms with Crippen LogP contribution in [0.3, 0.4) is 0 Å². The van der Waals surface area contributed by atoms with Gasteiger partial charge in [0.05, 0.1) is 0 Å². The van der Waals surface area contributed by atoms with Gasteiger partial charge in [-0.25, -0.2) is 9.59 Å². The summed E-state index contributed by atoms with van der Waals surface area (Å²) >= 11 is 0. The van der Waals surface area contributed by atoms with E-state index in [1.807, 2.05) is 43.3 Å². The molecule has 0 fully saturated rings. The molecule has 0 radical (unpaired) electrons. The number of amides is 2. The number of aliphatic carboxylic acids is 1. The average molecular weight is 453 g/mol. The van der Waals surface area contributed by atoms with Crippen LogP contribution >= 0.6 is 0 Å². The summed E-state index contributed by atoms with van der Waals surface area (Å²) in [5.74, 6) is -1.98. The molecule has 7 nitrogen and oxygen atoms in total. The van der Waals surface area contributed by atoms with Crippen molar-refractivity contribution < 1.29 is 24.2 Å². The highest BCUT2D eigenvalue weighted by molar-refractivity contribution is 5.89. The van der Waals surface area contributed by atoms with E-state index in [9.17, 15) is 19.5 Å². The van der Waals surface area contributed by atoms with Crippen LogP contribution in [0, 0.1) is 5.92 Å². The summed E-state index contributed by atoms with van der Waals surface area (Å²) in [7, 11) is 0. The predicted octanol–water partition coefficient (Wildman–Crippen LogP) is 4.31. The lowest BCUT2D eigenvalue weighted by atomic mass is 9.98. The Labute approximate surface area is 194 Å². The van der Waals surface area contributed by atoms with Crippen LogP contribution in [0.1, 0.15) is 57.1 Å². The van der Waals surface area contributed by atoms with Crippen molar-refractivity contribution in [2.45, 2.75) is 58.0 Å². The number of rotatable bonds is 10. The third-order valence-electron chi connectivity index (χ3n) is 6.03. The Bertz CT molecular complexity index is 958. The van der Waals surface area contributed by atoms with E-state index in [4.69, 9.17) is 4.74 Å². The molecule has 0 aromatic heterocycles. The number of unbranched alkanes of at least 4 members (excludes halogenated alkanes) is 1. The molecule has 2 aromatic rings. The molecule has 2 aromatic carbocycles. The zero-order valence-electron chi connectivity index (χ0n) is 19.3. The number of benzene rings is 2. The minimum atomic E-state index is -1.10. The van der Waals surface area contributed by atoms with Crippen LogP contribution in [0.4, 0.5) is 4.79 Å². The fourth-order valence-electron chi connectivity index (χ4n) is 4.23. The zero-order valence-corrected chi connectivity index (χ0v) is 19.3. The lowest BCUT2D eigenvalue weighted by molar-refractivity contribution is -0.143. The van der Waals surface area contributed by atoms with Gasteiger partial charge in [0, 0.05) is 5.92 Å². The number of carboxylic acids is 1. The SMILES string of the molecule is CCCC[C@H](NC(=O)OCC1c2ccccc2-c2ccccc21)C(=O)N[C@@H](C(=O)O)C(C)C. The van der Waals surface area contributed by atoms with Crippen molar-refractivity contribution in [2.75, 3.05) is 6.61 Å². The van der Waals surface area contributed by atoms with Gasteiger partial charge in [-0.2, -0.15) is 0 Å². The maximum absolute atomic E-state index is 12.7. The maximum atomic E-state index is 12.7. The van der Waals surface area contributed by atoms with Gasteiger partial charge in [0.25, 0.3) is 0 Å². The van der Waals surface area contributed by atoms with E-state index in [-0.39, 0.29) is 18.4 Å². The number of carbonyl (C=O) groups is 3. The first-order valence-corrected chi connectivity index (χ1v) is 11.5. The topological polar surface area (TPSA) is 105 Å². The minimum Gasteiger partial charge on any atom is -0.480 e. The van der Waals surface area contributed by atoms with Gasteiger partial charge >= 0.3 is 12.1 Å². The molecule has 0 unspecified atom stereocenters. The predicted molar refractivity (Wildman–Crippen MR) is 126 cm³/mol. The van der Waals surface area contributed by atoms with Crippen molar-refractivity contribution in [1.82, 2.24) is 10.6 Å². The van der Waals surface area contributed by atoms with Gasteiger partial charge in [-0.1, -0.05) is 82.1 Å². The second kappa shape index (κ2) is 11.0. The van der Waals surface area contributed by atoms with Gasteiger partial charge < -0.3 is 20.5 Å². The number of carbonyl (C=O) groups excluding carboxylic acids is 2. The van der Waals surface area contributed by atoms with Crippen LogP contribution < -0.4 is 10.6 Å². The van der Waals surface area contributed by atoms with Crippen LogP contribution in [-0.4, -0.2) is 41.8 Å². The van der Waals surface area contributed by atoms with Gasteiger partial charge in [0.1, 0.15) is 18.7 Å². The van der Waals surface area contributed by atoms with Crippen molar-refractivity contribution in [1.29, 1.82) is 0 Å². The molecule has 0 saturated carbocycles. The Hall–Kier alpha value is -3.35. The quantitative estimate of drug-likeness (QED) is 0.498. The third-order valence-corrected chi connectivity index (χ3v) is 6.03. The largest absolute Gasteiger partial charge is 0.480 e. The van der Waals surface area contributed by atoms with Crippen molar-refractivity contribution in [2.24, 2.45) is 5.92 Å². The molecule has 0 saturated heterocycles. The van der Waals surface area contributed by atoms with E-state index in [0.717, 1.165) is 28.7 Å². The van der Waals surface area contributed by atoms with Gasteiger partial charge in [0.2, 0.25) is 5.91 Å². The molecule has 3 rings (SSSR count).